The minimum Gasteiger partial charge on any atom is -0.481 e. The lowest BCUT2D eigenvalue weighted by molar-refractivity contribution is -0.144. The number of Topliss-reactive ketones (excluding diaryl/α,β-unsaturated/α-hetero) is 1. The molecule has 0 radical (unpaired) electrons. The Morgan fingerprint density at radius 2 is 1.96 bits per heavy atom. The second kappa shape index (κ2) is 8.86. The van der Waals surface area contributed by atoms with Crippen molar-refractivity contribution in [3.05, 3.63) is 89.7 Å². The van der Waals surface area contributed by atoms with Gasteiger partial charge in [-0.3, -0.25) is 4.79 Å². The molecule has 3 rings (SSSR count). The first-order chi connectivity index (χ1) is 13.6. The fourth-order valence-corrected chi connectivity index (χ4v) is 2.68. The van der Waals surface area contributed by atoms with Crippen LogP contribution in [0, 0.1) is 6.92 Å². The first kappa shape index (κ1) is 19.2. The number of carbonyl (C=O) groups excluding carboxylic acids is 2. The van der Waals surface area contributed by atoms with Crippen molar-refractivity contribution in [2.24, 2.45) is 0 Å². The summed E-state index contributed by atoms with van der Waals surface area (Å²) in [5, 5.41) is 0. The van der Waals surface area contributed by atoms with Crippen LogP contribution in [0.25, 0.3) is 6.08 Å². The highest BCUT2D eigenvalue weighted by molar-refractivity contribution is 6.12. The number of rotatable bonds is 7. The maximum absolute atomic E-state index is 12.5. The third-order valence-corrected chi connectivity index (χ3v) is 4.08. The van der Waals surface area contributed by atoms with Gasteiger partial charge in [0.15, 0.2) is 12.4 Å². The highest BCUT2D eigenvalue weighted by atomic mass is 16.6. The molecule has 0 spiro atoms. The Bertz CT molecular complexity index is 954. The van der Waals surface area contributed by atoms with E-state index >= 15 is 0 Å². The van der Waals surface area contributed by atoms with Crippen LogP contribution >= 0.6 is 0 Å². The molecule has 142 valence electrons. The minimum absolute atomic E-state index is 0.133. The standard InChI is InChI=1S/C23H20O5/c1-3-14-26-21(24)15-27-19-13-12-18-22(25)20(28-23(18)16(19)2)11-7-10-17-8-5-4-6-9-17/h3-13H,1,14-15H2,2H3/b10-7+,20-11-. The topological polar surface area (TPSA) is 61.8 Å². The highest BCUT2D eigenvalue weighted by Gasteiger charge is 2.29. The lowest BCUT2D eigenvalue weighted by Crippen LogP contribution is -2.15. The van der Waals surface area contributed by atoms with Crippen LogP contribution in [0.15, 0.2) is 73.0 Å². The molecule has 1 heterocycles. The van der Waals surface area contributed by atoms with E-state index in [9.17, 15) is 9.59 Å². The zero-order valence-electron chi connectivity index (χ0n) is 15.5. The Morgan fingerprint density at radius 3 is 2.71 bits per heavy atom. The number of hydrogen-bond acceptors (Lipinski definition) is 5. The molecular weight excluding hydrogens is 356 g/mol. The normalized spacial score (nSPS) is 14.0. The quantitative estimate of drug-likeness (QED) is 0.410. The molecule has 0 fully saturated rings. The van der Waals surface area contributed by atoms with Gasteiger partial charge in [0.25, 0.3) is 0 Å². The molecule has 0 unspecified atom stereocenters. The molecule has 5 nitrogen and oxygen atoms in total. The summed E-state index contributed by atoms with van der Waals surface area (Å²) < 4.78 is 16.1. The van der Waals surface area contributed by atoms with E-state index in [1.807, 2.05) is 36.4 Å². The van der Waals surface area contributed by atoms with Crippen LogP contribution in [0.5, 0.6) is 11.5 Å². The lowest BCUT2D eigenvalue weighted by atomic mass is 10.1. The SMILES string of the molecule is C=CCOC(=O)COc1ccc2c(c1C)O/C(=C\C=C\c1ccccc1)C2=O. The fraction of sp³-hybridized carbons (Fsp3) is 0.130. The van der Waals surface area contributed by atoms with Gasteiger partial charge in [-0.25, -0.2) is 4.79 Å². The lowest BCUT2D eigenvalue weighted by Gasteiger charge is -2.10. The zero-order chi connectivity index (χ0) is 19.9. The Balaban J connectivity index is 1.71. The second-order valence-corrected chi connectivity index (χ2v) is 6.06. The van der Waals surface area contributed by atoms with E-state index in [2.05, 4.69) is 6.58 Å². The van der Waals surface area contributed by atoms with Gasteiger partial charge in [0.05, 0.1) is 5.56 Å². The first-order valence-electron chi connectivity index (χ1n) is 8.79. The molecule has 2 aromatic rings. The molecule has 0 saturated carbocycles. The molecular formula is C23H20O5. The van der Waals surface area contributed by atoms with E-state index in [0.717, 1.165) is 5.56 Å². The van der Waals surface area contributed by atoms with E-state index in [1.54, 1.807) is 31.2 Å². The molecule has 5 heteroatoms. The van der Waals surface area contributed by atoms with E-state index in [1.165, 1.54) is 6.08 Å². The van der Waals surface area contributed by atoms with Gasteiger partial charge in [-0.05, 0) is 30.7 Å². The van der Waals surface area contributed by atoms with Crippen LogP contribution in [0.1, 0.15) is 21.5 Å². The molecule has 1 aliphatic rings. The number of ketones is 1. The number of fused-ring (bicyclic) bond motifs is 1. The van der Waals surface area contributed by atoms with Crippen molar-refractivity contribution in [2.75, 3.05) is 13.2 Å². The summed E-state index contributed by atoms with van der Waals surface area (Å²) in [5.74, 6) is 0.466. The first-order valence-corrected chi connectivity index (χ1v) is 8.79. The van der Waals surface area contributed by atoms with Gasteiger partial charge >= 0.3 is 5.97 Å². The Morgan fingerprint density at radius 1 is 1.18 bits per heavy atom. The maximum atomic E-state index is 12.5. The molecule has 0 atom stereocenters. The summed E-state index contributed by atoms with van der Waals surface area (Å²) in [5.41, 5.74) is 2.15. The summed E-state index contributed by atoms with van der Waals surface area (Å²) in [6, 6.07) is 13.0. The summed E-state index contributed by atoms with van der Waals surface area (Å²) in [6.45, 7) is 5.16. The summed E-state index contributed by atoms with van der Waals surface area (Å²) >= 11 is 0. The van der Waals surface area contributed by atoms with Gasteiger partial charge < -0.3 is 14.2 Å². The average molecular weight is 376 g/mol. The van der Waals surface area contributed by atoms with Gasteiger partial charge in [0, 0.05) is 5.56 Å². The number of carbonyl (C=O) groups is 2. The second-order valence-electron chi connectivity index (χ2n) is 6.06. The summed E-state index contributed by atoms with van der Waals surface area (Å²) in [6.07, 6.45) is 6.79. The average Bonchev–Trinajstić information content (AvgIpc) is 3.03. The molecule has 0 saturated heterocycles. The van der Waals surface area contributed by atoms with Crippen LogP contribution in [0.2, 0.25) is 0 Å². The maximum Gasteiger partial charge on any atom is 0.344 e. The molecule has 0 aromatic heterocycles. The van der Waals surface area contributed by atoms with Gasteiger partial charge in [-0.15, -0.1) is 0 Å². The number of allylic oxidation sites excluding steroid dienone is 3. The van der Waals surface area contributed by atoms with Crippen molar-refractivity contribution in [1.82, 2.24) is 0 Å². The van der Waals surface area contributed by atoms with E-state index in [-0.39, 0.29) is 24.8 Å². The smallest absolute Gasteiger partial charge is 0.344 e. The summed E-state index contributed by atoms with van der Waals surface area (Å²) in [7, 11) is 0. The fourth-order valence-electron chi connectivity index (χ4n) is 2.68. The van der Waals surface area contributed by atoms with Crippen molar-refractivity contribution in [2.45, 2.75) is 6.92 Å². The van der Waals surface area contributed by atoms with Gasteiger partial charge in [-0.2, -0.15) is 0 Å². The zero-order valence-corrected chi connectivity index (χ0v) is 15.5. The molecule has 2 aromatic carbocycles. The monoisotopic (exact) mass is 376 g/mol. The predicted octanol–water partition coefficient (Wildman–Crippen LogP) is 4.28. The van der Waals surface area contributed by atoms with Crippen molar-refractivity contribution >= 4 is 17.8 Å². The van der Waals surface area contributed by atoms with Crippen molar-refractivity contribution in [1.29, 1.82) is 0 Å². The van der Waals surface area contributed by atoms with Crippen LogP contribution in [0.3, 0.4) is 0 Å². The molecule has 0 aliphatic carbocycles. The number of hydrogen-bond donors (Lipinski definition) is 0. The minimum atomic E-state index is -0.497. The Kier molecular flexibility index (Phi) is 6.07. The van der Waals surface area contributed by atoms with Crippen LogP contribution in [-0.4, -0.2) is 25.0 Å². The number of esters is 1. The van der Waals surface area contributed by atoms with Crippen molar-refractivity contribution in [3.8, 4) is 11.5 Å². The molecule has 0 amide bonds. The third kappa shape index (κ3) is 4.38. The van der Waals surface area contributed by atoms with Gasteiger partial charge in [0.1, 0.15) is 18.1 Å². The molecule has 0 bridgehead atoms. The molecule has 1 aliphatic heterocycles. The number of benzene rings is 2. The van der Waals surface area contributed by atoms with E-state index in [4.69, 9.17) is 14.2 Å². The highest BCUT2D eigenvalue weighted by Crippen LogP contribution is 2.38. The van der Waals surface area contributed by atoms with Crippen LogP contribution in [-0.2, 0) is 9.53 Å². The number of ether oxygens (including phenoxy) is 3. The summed E-state index contributed by atoms with van der Waals surface area (Å²) in [4.78, 5) is 24.1. The largest absolute Gasteiger partial charge is 0.481 e. The predicted molar refractivity (Wildman–Crippen MR) is 106 cm³/mol. The van der Waals surface area contributed by atoms with Crippen LogP contribution < -0.4 is 9.47 Å². The molecule has 0 N–H and O–H groups in total. The van der Waals surface area contributed by atoms with Crippen molar-refractivity contribution < 1.29 is 23.8 Å². The Hall–Kier alpha value is -3.60. The molecule has 28 heavy (non-hydrogen) atoms. The van der Waals surface area contributed by atoms with Gasteiger partial charge in [0.2, 0.25) is 5.78 Å². The third-order valence-electron chi connectivity index (χ3n) is 4.08. The van der Waals surface area contributed by atoms with Gasteiger partial charge in [-0.1, -0.05) is 55.1 Å². The van der Waals surface area contributed by atoms with Crippen LogP contribution in [0.4, 0.5) is 0 Å². The van der Waals surface area contributed by atoms with Crippen molar-refractivity contribution in [3.63, 3.8) is 0 Å². The van der Waals surface area contributed by atoms with E-state index < -0.39 is 5.97 Å². The Labute approximate surface area is 163 Å². The van der Waals surface area contributed by atoms with E-state index in [0.29, 0.717) is 22.6 Å².